The van der Waals surface area contributed by atoms with E-state index in [2.05, 4.69) is 5.32 Å². The molecule has 1 aromatic rings. The number of carbonyl (C=O) groups excluding carboxylic acids is 1. The van der Waals surface area contributed by atoms with Crippen molar-refractivity contribution < 1.29 is 17.9 Å². The number of nitrogens with one attached hydrogen (secondary N) is 1. The average molecular weight is 342 g/mol. The highest BCUT2D eigenvalue weighted by Crippen LogP contribution is 2.17. The fourth-order valence-electron chi connectivity index (χ4n) is 2.24. The Balaban J connectivity index is 3.03. The molecule has 0 heterocycles. The van der Waals surface area contributed by atoms with Crippen LogP contribution >= 0.6 is 0 Å². The maximum absolute atomic E-state index is 12.5. The summed E-state index contributed by atoms with van der Waals surface area (Å²) in [5.41, 5.74) is 0.327. The van der Waals surface area contributed by atoms with Crippen LogP contribution in [0.3, 0.4) is 0 Å². The van der Waals surface area contributed by atoms with Crippen LogP contribution in [0.1, 0.15) is 37.6 Å². The molecule has 1 unspecified atom stereocenters. The molecule has 0 fully saturated rings. The third-order valence-corrected chi connectivity index (χ3v) is 5.68. The first-order valence-electron chi connectivity index (χ1n) is 7.80. The number of hydrogen-bond donors (Lipinski definition) is 1. The molecule has 0 aromatic heterocycles. The zero-order valence-corrected chi connectivity index (χ0v) is 15.0. The van der Waals surface area contributed by atoms with E-state index in [0.29, 0.717) is 25.3 Å². The molecule has 0 saturated carbocycles. The van der Waals surface area contributed by atoms with Crippen molar-refractivity contribution in [2.75, 3.05) is 26.8 Å². The van der Waals surface area contributed by atoms with Crippen molar-refractivity contribution >= 4 is 15.9 Å². The van der Waals surface area contributed by atoms with E-state index in [4.69, 9.17) is 4.74 Å². The highest BCUT2D eigenvalue weighted by atomic mass is 32.2. The molecule has 1 amide bonds. The number of carbonyl (C=O) groups is 1. The molecule has 0 bridgehead atoms. The van der Waals surface area contributed by atoms with Crippen molar-refractivity contribution in [3.8, 4) is 0 Å². The Hall–Kier alpha value is -1.44. The smallest absolute Gasteiger partial charge is 0.251 e. The molecule has 1 aromatic carbocycles. The molecule has 0 aliphatic carbocycles. The van der Waals surface area contributed by atoms with Crippen LogP contribution in [0.15, 0.2) is 29.2 Å². The van der Waals surface area contributed by atoms with E-state index in [-0.39, 0.29) is 16.8 Å². The standard InChI is InChI=1S/C16H26N2O4S/c1-5-14(12-22-4)17-16(19)13-9-8-10-15(11-13)23(20,21)18(6-2)7-3/h8-11,14H,5-7,12H2,1-4H3,(H,17,19). The Bertz CT molecular complexity index is 612. The molecule has 130 valence electrons. The Morgan fingerprint density at radius 3 is 2.43 bits per heavy atom. The molecule has 1 rings (SSSR count). The summed E-state index contributed by atoms with van der Waals surface area (Å²) in [4.78, 5) is 12.4. The number of benzene rings is 1. The van der Waals surface area contributed by atoms with Gasteiger partial charge in [-0.15, -0.1) is 0 Å². The van der Waals surface area contributed by atoms with Crippen molar-refractivity contribution in [1.82, 2.24) is 9.62 Å². The van der Waals surface area contributed by atoms with Crippen LogP contribution in [-0.2, 0) is 14.8 Å². The summed E-state index contributed by atoms with van der Waals surface area (Å²) < 4.78 is 31.5. The van der Waals surface area contributed by atoms with Gasteiger partial charge in [-0.3, -0.25) is 4.79 Å². The zero-order valence-electron chi connectivity index (χ0n) is 14.2. The lowest BCUT2D eigenvalue weighted by atomic mass is 10.2. The normalized spacial score (nSPS) is 13.1. The van der Waals surface area contributed by atoms with E-state index >= 15 is 0 Å². The van der Waals surface area contributed by atoms with Crippen LogP contribution in [0.2, 0.25) is 0 Å². The topological polar surface area (TPSA) is 75.7 Å². The fourth-order valence-corrected chi connectivity index (χ4v) is 3.75. The minimum atomic E-state index is -3.57. The number of rotatable bonds is 9. The van der Waals surface area contributed by atoms with Gasteiger partial charge in [0.2, 0.25) is 10.0 Å². The van der Waals surface area contributed by atoms with Gasteiger partial charge in [0.05, 0.1) is 17.5 Å². The third-order valence-electron chi connectivity index (χ3n) is 3.64. The Morgan fingerprint density at radius 2 is 1.91 bits per heavy atom. The van der Waals surface area contributed by atoms with Gasteiger partial charge < -0.3 is 10.1 Å². The van der Waals surface area contributed by atoms with E-state index < -0.39 is 10.0 Å². The summed E-state index contributed by atoms with van der Waals surface area (Å²) in [7, 11) is -2.00. The van der Waals surface area contributed by atoms with E-state index in [1.54, 1.807) is 33.1 Å². The molecular formula is C16H26N2O4S. The lowest BCUT2D eigenvalue weighted by molar-refractivity contribution is 0.0894. The predicted molar refractivity (Wildman–Crippen MR) is 90.0 cm³/mol. The fraction of sp³-hybridized carbons (Fsp3) is 0.562. The molecule has 0 aliphatic rings. The number of hydrogen-bond acceptors (Lipinski definition) is 4. The van der Waals surface area contributed by atoms with Gasteiger partial charge >= 0.3 is 0 Å². The summed E-state index contributed by atoms with van der Waals surface area (Å²) in [5.74, 6) is -0.300. The SMILES string of the molecule is CCC(COC)NC(=O)c1cccc(S(=O)(=O)N(CC)CC)c1. The van der Waals surface area contributed by atoms with Gasteiger partial charge in [0.25, 0.3) is 5.91 Å². The van der Waals surface area contributed by atoms with E-state index in [0.717, 1.165) is 6.42 Å². The zero-order chi connectivity index (χ0) is 17.5. The second-order valence-electron chi connectivity index (χ2n) is 5.15. The summed E-state index contributed by atoms with van der Waals surface area (Å²) in [6.07, 6.45) is 0.733. The van der Waals surface area contributed by atoms with E-state index in [1.807, 2.05) is 6.92 Å². The van der Waals surface area contributed by atoms with Gasteiger partial charge in [0.1, 0.15) is 0 Å². The van der Waals surface area contributed by atoms with Gasteiger partial charge in [-0.2, -0.15) is 4.31 Å². The van der Waals surface area contributed by atoms with Crippen molar-refractivity contribution in [3.05, 3.63) is 29.8 Å². The van der Waals surface area contributed by atoms with Gasteiger partial charge in [0, 0.05) is 25.8 Å². The lowest BCUT2D eigenvalue weighted by Crippen LogP contribution is -2.37. The molecule has 23 heavy (non-hydrogen) atoms. The molecule has 0 aliphatic heterocycles. The highest BCUT2D eigenvalue weighted by molar-refractivity contribution is 7.89. The van der Waals surface area contributed by atoms with E-state index in [9.17, 15) is 13.2 Å². The predicted octanol–water partition coefficient (Wildman–Crippen LogP) is 1.87. The first-order chi connectivity index (χ1) is 10.9. The maximum atomic E-state index is 12.5. The quantitative estimate of drug-likeness (QED) is 0.743. The monoisotopic (exact) mass is 342 g/mol. The number of nitrogens with zero attached hydrogens (tertiary/aromatic N) is 1. The molecule has 6 nitrogen and oxygen atoms in total. The molecule has 7 heteroatoms. The highest BCUT2D eigenvalue weighted by Gasteiger charge is 2.22. The van der Waals surface area contributed by atoms with Crippen LogP contribution in [0, 0.1) is 0 Å². The molecular weight excluding hydrogens is 316 g/mol. The summed E-state index contributed by atoms with van der Waals surface area (Å²) in [6, 6.07) is 6.02. The largest absolute Gasteiger partial charge is 0.383 e. The van der Waals surface area contributed by atoms with Crippen LogP contribution in [0.4, 0.5) is 0 Å². The summed E-state index contributed by atoms with van der Waals surface area (Å²) in [5, 5.41) is 2.85. The van der Waals surface area contributed by atoms with Gasteiger partial charge in [-0.05, 0) is 24.6 Å². The summed E-state index contributed by atoms with van der Waals surface area (Å²) >= 11 is 0. The number of ether oxygens (including phenoxy) is 1. The third kappa shape index (κ3) is 5.02. The number of methoxy groups -OCH3 is 1. The minimum Gasteiger partial charge on any atom is -0.383 e. The summed E-state index contributed by atoms with van der Waals surface area (Å²) in [6.45, 7) is 6.72. The second kappa shape index (κ2) is 9.00. The number of sulfonamides is 1. The lowest BCUT2D eigenvalue weighted by Gasteiger charge is -2.19. The average Bonchev–Trinajstić information content (AvgIpc) is 2.55. The second-order valence-corrected chi connectivity index (χ2v) is 7.09. The molecule has 0 spiro atoms. The minimum absolute atomic E-state index is 0.101. The molecule has 0 radical (unpaired) electrons. The van der Waals surface area contributed by atoms with Crippen LogP contribution < -0.4 is 5.32 Å². The van der Waals surface area contributed by atoms with Crippen molar-refractivity contribution in [2.24, 2.45) is 0 Å². The first-order valence-corrected chi connectivity index (χ1v) is 9.24. The van der Waals surface area contributed by atoms with Crippen LogP contribution in [0.25, 0.3) is 0 Å². The van der Waals surface area contributed by atoms with Crippen molar-refractivity contribution in [2.45, 2.75) is 38.1 Å². The van der Waals surface area contributed by atoms with Gasteiger partial charge in [0.15, 0.2) is 0 Å². The van der Waals surface area contributed by atoms with Crippen molar-refractivity contribution in [1.29, 1.82) is 0 Å². The van der Waals surface area contributed by atoms with Crippen LogP contribution in [0.5, 0.6) is 0 Å². The Kier molecular flexibility index (Phi) is 7.67. The Labute approximate surface area is 138 Å². The molecule has 0 saturated heterocycles. The van der Waals surface area contributed by atoms with Crippen molar-refractivity contribution in [3.63, 3.8) is 0 Å². The number of amides is 1. The Morgan fingerprint density at radius 1 is 1.26 bits per heavy atom. The maximum Gasteiger partial charge on any atom is 0.251 e. The molecule has 1 N–H and O–H groups in total. The van der Waals surface area contributed by atoms with Gasteiger partial charge in [-0.25, -0.2) is 8.42 Å². The first kappa shape index (κ1) is 19.6. The van der Waals surface area contributed by atoms with E-state index in [1.165, 1.54) is 16.4 Å². The molecule has 1 atom stereocenters. The van der Waals surface area contributed by atoms with Crippen LogP contribution in [-0.4, -0.2) is 51.5 Å². The van der Waals surface area contributed by atoms with Gasteiger partial charge in [-0.1, -0.05) is 26.8 Å².